The predicted molar refractivity (Wildman–Crippen MR) is 150 cm³/mol. The summed E-state index contributed by atoms with van der Waals surface area (Å²) in [6.45, 7) is 10.7. The average Bonchev–Trinajstić information content (AvgIpc) is 3.31. The van der Waals surface area contributed by atoms with Crippen LogP contribution in [0, 0.1) is 0 Å². The lowest BCUT2D eigenvalue weighted by Gasteiger charge is -2.40. The zero-order valence-electron chi connectivity index (χ0n) is 23.5. The summed E-state index contributed by atoms with van der Waals surface area (Å²) >= 11 is 0. The second kappa shape index (κ2) is 12.0. The lowest BCUT2D eigenvalue weighted by Crippen LogP contribution is -2.49. The molecule has 1 aliphatic carbocycles. The van der Waals surface area contributed by atoms with Crippen LogP contribution in [-0.2, 0) is 0 Å². The SMILES string of the molecule is CC(C)N1CCN(C(C)c2ccc(-c3nn(C4CCC(O)CC4)c4nc(NCCC(F)(F)F)ncc34)cc2)CC1. The Morgan fingerprint density at radius 3 is 2.25 bits per heavy atom. The van der Waals surface area contributed by atoms with Crippen molar-refractivity contribution in [2.45, 2.75) is 83.3 Å². The van der Waals surface area contributed by atoms with Crippen molar-refractivity contribution in [3.63, 3.8) is 0 Å². The molecular weight excluding hydrogens is 519 g/mol. The number of aromatic nitrogens is 4. The van der Waals surface area contributed by atoms with Gasteiger partial charge in [-0.2, -0.15) is 23.3 Å². The van der Waals surface area contributed by atoms with Crippen molar-refractivity contribution in [1.82, 2.24) is 29.5 Å². The molecule has 2 aliphatic rings. The molecule has 5 rings (SSSR count). The fourth-order valence-electron chi connectivity index (χ4n) is 5.87. The number of fused-ring (bicyclic) bond motifs is 1. The number of anilines is 1. The third-order valence-corrected chi connectivity index (χ3v) is 8.45. The first-order valence-corrected chi connectivity index (χ1v) is 14.4. The first-order valence-electron chi connectivity index (χ1n) is 14.4. The van der Waals surface area contributed by atoms with Gasteiger partial charge in [-0.25, -0.2) is 9.67 Å². The van der Waals surface area contributed by atoms with Crippen LogP contribution in [0.15, 0.2) is 30.5 Å². The van der Waals surface area contributed by atoms with Crippen molar-refractivity contribution in [3.05, 3.63) is 36.0 Å². The summed E-state index contributed by atoms with van der Waals surface area (Å²) in [5.74, 6) is 0.155. The fraction of sp³-hybridized carbons (Fsp3) is 0.621. The molecule has 1 unspecified atom stereocenters. The first kappa shape index (κ1) is 28.8. The Kier molecular flexibility index (Phi) is 8.63. The monoisotopic (exact) mass is 559 g/mol. The average molecular weight is 560 g/mol. The van der Waals surface area contributed by atoms with E-state index in [4.69, 9.17) is 5.10 Å². The lowest BCUT2D eigenvalue weighted by atomic mass is 9.93. The smallest absolute Gasteiger partial charge is 0.390 e. The minimum absolute atomic E-state index is 0.0568. The predicted octanol–water partition coefficient (Wildman–Crippen LogP) is 5.42. The molecule has 3 heterocycles. The summed E-state index contributed by atoms with van der Waals surface area (Å²) in [4.78, 5) is 14.0. The largest absolute Gasteiger partial charge is 0.393 e. The number of halogens is 3. The molecule has 0 radical (unpaired) electrons. The minimum Gasteiger partial charge on any atom is -0.393 e. The number of rotatable bonds is 8. The first-order chi connectivity index (χ1) is 19.1. The summed E-state index contributed by atoms with van der Waals surface area (Å²) in [5, 5.41) is 18.5. The van der Waals surface area contributed by atoms with Crippen LogP contribution in [0.4, 0.5) is 19.1 Å². The van der Waals surface area contributed by atoms with Crippen molar-refractivity contribution in [3.8, 4) is 11.3 Å². The number of benzene rings is 1. The van der Waals surface area contributed by atoms with Gasteiger partial charge in [0.05, 0.1) is 24.0 Å². The second-order valence-corrected chi connectivity index (χ2v) is 11.4. The normalized spacial score (nSPS) is 22.2. The van der Waals surface area contributed by atoms with E-state index in [1.807, 2.05) is 4.68 Å². The highest BCUT2D eigenvalue weighted by Crippen LogP contribution is 2.35. The molecule has 218 valence electrons. The van der Waals surface area contributed by atoms with Crippen molar-refractivity contribution in [2.24, 2.45) is 0 Å². The number of aliphatic hydroxyl groups excluding tert-OH is 1. The molecule has 2 aromatic heterocycles. The van der Waals surface area contributed by atoms with E-state index in [0.717, 1.165) is 55.7 Å². The van der Waals surface area contributed by atoms with Crippen molar-refractivity contribution in [2.75, 3.05) is 38.0 Å². The molecule has 1 aliphatic heterocycles. The molecule has 0 amide bonds. The van der Waals surface area contributed by atoms with E-state index in [1.165, 1.54) is 5.56 Å². The van der Waals surface area contributed by atoms with Gasteiger partial charge < -0.3 is 10.4 Å². The van der Waals surface area contributed by atoms with Gasteiger partial charge in [0.25, 0.3) is 0 Å². The van der Waals surface area contributed by atoms with E-state index >= 15 is 0 Å². The Morgan fingerprint density at radius 1 is 0.975 bits per heavy atom. The topological polar surface area (TPSA) is 82.3 Å². The standard InChI is InChI=1S/C29H40F3N7O/c1-19(2)37-14-16-38(17-15-37)20(3)21-4-6-22(7-5-21)26-25-18-34-28(33-13-12-29(30,31)32)35-27(25)39(36-26)23-8-10-24(40)11-9-23/h4-7,18-20,23-24,40H,8-17H2,1-3H3,(H,33,34,35). The Balaban J connectivity index is 1.39. The summed E-state index contributed by atoms with van der Waals surface area (Å²) < 4.78 is 39.8. The third kappa shape index (κ3) is 6.58. The number of hydrogen-bond acceptors (Lipinski definition) is 7. The molecule has 1 saturated carbocycles. The maximum absolute atomic E-state index is 12.6. The van der Waals surface area contributed by atoms with E-state index in [1.54, 1.807) is 6.20 Å². The zero-order chi connectivity index (χ0) is 28.4. The van der Waals surface area contributed by atoms with Gasteiger partial charge in [-0.3, -0.25) is 9.80 Å². The van der Waals surface area contributed by atoms with Crippen LogP contribution in [0.1, 0.15) is 70.5 Å². The number of alkyl halides is 3. The summed E-state index contributed by atoms with van der Waals surface area (Å²) in [5.41, 5.74) is 3.55. The fourth-order valence-corrected chi connectivity index (χ4v) is 5.87. The van der Waals surface area contributed by atoms with Gasteiger partial charge in [0.2, 0.25) is 5.95 Å². The molecule has 1 aromatic carbocycles. The van der Waals surface area contributed by atoms with Crippen molar-refractivity contribution in [1.29, 1.82) is 0 Å². The number of piperazine rings is 1. The summed E-state index contributed by atoms with van der Waals surface area (Å²) in [6.07, 6.45) is -0.979. The van der Waals surface area contributed by atoms with E-state index in [9.17, 15) is 18.3 Å². The molecule has 1 atom stereocenters. The van der Waals surface area contributed by atoms with E-state index in [2.05, 4.69) is 70.1 Å². The van der Waals surface area contributed by atoms with Gasteiger partial charge in [0, 0.05) is 56.6 Å². The zero-order valence-corrected chi connectivity index (χ0v) is 23.5. The highest BCUT2D eigenvalue weighted by atomic mass is 19.4. The van der Waals surface area contributed by atoms with E-state index < -0.39 is 12.6 Å². The highest BCUT2D eigenvalue weighted by molar-refractivity contribution is 5.91. The molecule has 0 bridgehead atoms. The number of aliphatic hydroxyl groups is 1. The van der Waals surface area contributed by atoms with Crippen LogP contribution in [0.2, 0.25) is 0 Å². The summed E-state index contributed by atoms with van der Waals surface area (Å²) in [7, 11) is 0. The maximum atomic E-state index is 12.6. The van der Waals surface area contributed by atoms with Crippen LogP contribution < -0.4 is 5.32 Å². The number of nitrogens with zero attached hydrogens (tertiary/aromatic N) is 6. The van der Waals surface area contributed by atoms with Crippen LogP contribution in [-0.4, -0.2) is 85.7 Å². The molecular formula is C29H40F3N7O. The van der Waals surface area contributed by atoms with Gasteiger partial charge in [0.1, 0.15) is 5.69 Å². The molecule has 11 heteroatoms. The Morgan fingerprint density at radius 2 is 1.62 bits per heavy atom. The molecule has 40 heavy (non-hydrogen) atoms. The van der Waals surface area contributed by atoms with Gasteiger partial charge in [-0.15, -0.1) is 0 Å². The molecule has 8 nitrogen and oxygen atoms in total. The van der Waals surface area contributed by atoms with Gasteiger partial charge in [-0.1, -0.05) is 24.3 Å². The van der Waals surface area contributed by atoms with E-state index in [-0.39, 0.29) is 24.6 Å². The minimum atomic E-state index is -4.25. The van der Waals surface area contributed by atoms with Crippen LogP contribution in [0.3, 0.4) is 0 Å². The molecule has 3 aromatic rings. The van der Waals surface area contributed by atoms with Crippen LogP contribution in [0.25, 0.3) is 22.3 Å². The quantitative estimate of drug-likeness (QED) is 0.381. The Bertz CT molecular complexity index is 1260. The lowest BCUT2D eigenvalue weighted by molar-refractivity contribution is -0.131. The van der Waals surface area contributed by atoms with Crippen LogP contribution in [0.5, 0.6) is 0 Å². The van der Waals surface area contributed by atoms with Gasteiger partial charge >= 0.3 is 6.18 Å². The Hall–Kier alpha value is -2.76. The highest BCUT2D eigenvalue weighted by Gasteiger charge is 2.28. The molecule has 0 spiro atoms. The van der Waals surface area contributed by atoms with Crippen molar-refractivity contribution < 1.29 is 18.3 Å². The van der Waals surface area contributed by atoms with Crippen LogP contribution >= 0.6 is 0 Å². The molecule has 2 fully saturated rings. The Labute approximate surface area is 233 Å². The number of hydrogen-bond donors (Lipinski definition) is 2. The second-order valence-electron chi connectivity index (χ2n) is 11.4. The van der Waals surface area contributed by atoms with E-state index in [0.29, 0.717) is 30.6 Å². The van der Waals surface area contributed by atoms with Gasteiger partial charge in [-0.05, 0) is 52.0 Å². The molecule has 2 N–H and O–H groups in total. The summed E-state index contributed by atoms with van der Waals surface area (Å²) in [6, 6.07) is 9.42. The van der Waals surface area contributed by atoms with Crippen molar-refractivity contribution >= 4 is 17.0 Å². The third-order valence-electron chi connectivity index (χ3n) is 8.45. The molecule has 1 saturated heterocycles. The number of nitrogens with one attached hydrogen (secondary N) is 1. The maximum Gasteiger partial charge on any atom is 0.390 e. The van der Waals surface area contributed by atoms with Gasteiger partial charge in [0.15, 0.2) is 5.65 Å².